The van der Waals surface area contributed by atoms with Gasteiger partial charge < -0.3 is 4.90 Å². The first-order valence-electron chi connectivity index (χ1n) is 5.25. The van der Waals surface area contributed by atoms with Crippen molar-refractivity contribution in [3.8, 4) is 0 Å². The van der Waals surface area contributed by atoms with Crippen molar-refractivity contribution in [2.75, 3.05) is 4.90 Å². The molecule has 2 nitrogen and oxygen atoms in total. The third kappa shape index (κ3) is 2.50. The number of nitrogens with zero attached hydrogens (tertiary/aromatic N) is 2. The highest BCUT2D eigenvalue weighted by Gasteiger charge is 2.28. The van der Waals surface area contributed by atoms with Crippen molar-refractivity contribution >= 4 is 5.69 Å². The Kier molecular flexibility index (Phi) is 3.95. The summed E-state index contributed by atoms with van der Waals surface area (Å²) in [5.41, 5.74) is -0.708. The van der Waals surface area contributed by atoms with Crippen LogP contribution in [0.25, 0.3) is 0 Å². The molecule has 1 aromatic heterocycles. The topological polar surface area (TPSA) is 16.1 Å². The molecule has 0 unspecified atom stereocenters. The zero-order valence-electron chi connectivity index (χ0n) is 10.1. The minimum absolute atomic E-state index is 0.305. The van der Waals surface area contributed by atoms with Crippen LogP contribution in [0, 0.1) is 23.5 Å². The van der Waals surface area contributed by atoms with Gasteiger partial charge >= 0.3 is 0 Å². The van der Waals surface area contributed by atoms with Gasteiger partial charge in [0.2, 0.25) is 11.6 Å². The molecule has 1 rings (SSSR count). The lowest BCUT2D eigenvalue weighted by Crippen LogP contribution is -2.39. The number of hydrogen-bond donors (Lipinski definition) is 0. The summed E-state index contributed by atoms with van der Waals surface area (Å²) in [7, 11) is 0. The molecule has 0 aliphatic heterocycles. The molecule has 17 heavy (non-hydrogen) atoms. The molecule has 0 amide bonds. The van der Waals surface area contributed by atoms with E-state index in [1.54, 1.807) is 27.7 Å². The molecule has 0 N–H and O–H groups in total. The SMILES string of the molecule is CC(C)N(c1c(F)c(F)nc(F)c1F)C(C)C. The quantitative estimate of drug-likeness (QED) is 0.604. The number of rotatable bonds is 3. The van der Waals surface area contributed by atoms with Crippen LogP contribution in [-0.4, -0.2) is 17.1 Å². The average molecular weight is 250 g/mol. The van der Waals surface area contributed by atoms with Crippen molar-refractivity contribution in [3.63, 3.8) is 0 Å². The van der Waals surface area contributed by atoms with Crippen LogP contribution in [0.15, 0.2) is 0 Å². The first-order chi connectivity index (χ1) is 7.77. The van der Waals surface area contributed by atoms with Crippen molar-refractivity contribution < 1.29 is 17.6 Å². The van der Waals surface area contributed by atoms with Crippen molar-refractivity contribution in [2.24, 2.45) is 0 Å². The fourth-order valence-electron chi connectivity index (χ4n) is 1.82. The minimum Gasteiger partial charge on any atom is -0.362 e. The summed E-state index contributed by atoms with van der Waals surface area (Å²) in [6, 6.07) is -0.611. The first kappa shape index (κ1) is 13.7. The van der Waals surface area contributed by atoms with Crippen LogP contribution in [0.4, 0.5) is 23.2 Å². The molecule has 0 fully saturated rings. The van der Waals surface area contributed by atoms with E-state index in [9.17, 15) is 17.6 Å². The van der Waals surface area contributed by atoms with Crippen LogP contribution in [0.2, 0.25) is 0 Å². The highest BCUT2D eigenvalue weighted by Crippen LogP contribution is 2.29. The van der Waals surface area contributed by atoms with E-state index in [4.69, 9.17) is 0 Å². The number of anilines is 1. The van der Waals surface area contributed by atoms with Crippen molar-refractivity contribution in [1.29, 1.82) is 0 Å². The van der Waals surface area contributed by atoms with Crippen LogP contribution >= 0.6 is 0 Å². The Morgan fingerprint density at radius 2 is 1.18 bits per heavy atom. The minimum atomic E-state index is -1.63. The molecule has 0 atom stereocenters. The maximum atomic E-state index is 13.5. The number of aromatic nitrogens is 1. The molecule has 0 bridgehead atoms. The lowest BCUT2D eigenvalue weighted by Gasteiger charge is -2.33. The molecule has 0 aromatic carbocycles. The van der Waals surface area contributed by atoms with Crippen molar-refractivity contribution in [1.82, 2.24) is 4.98 Å². The van der Waals surface area contributed by atoms with Crippen LogP contribution < -0.4 is 4.90 Å². The number of hydrogen-bond acceptors (Lipinski definition) is 2. The molecular formula is C11H14F4N2. The highest BCUT2D eigenvalue weighted by molar-refractivity contribution is 5.50. The second-order valence-corrected chi connectivity index (χ2v) is 4.26. The third-order valence-electron chi connectivity index (χ3n) is 2.35. The Hall–Kier alpha value is -1.33. The molecule has 0 aliphatic rings. The Balaban J connectivity index is 3.47. The van der Waals surface area contributed by atoms with E-state index in [-0.39, 0.29) is 12.1 Å². The van der Waals surface area contributed by atoms with E-state index in [0.717, 1.165) is 0 Å². The van der Waals surface area contributed by atoms with Gasteiger partial charge in [0.15, 0.2) is 0 Å². The molecule has 0 radical (unpaired) electrons. The molecule has 1 heterocycles. The van der Waals surface area contributed by atoms with E-state index in [0.29, 0.717) is 0 Å². The van der Waals surface area contributed by atoms with Gasteiger partial charge in [0, 0.05) is 12.1 Å². The van der Waals surface area contributed by atoms with E-state index in [1.807, 2.05) is 0 Å². The van der Waals surface area contributed by atoms with Crippen LogP contribution in [0.5, 0.6) is 0 Å². The molecule has 96 valence electrons. The largest absolute Gasteiger partial charge is 0.362 e. The van der Waals surface area contributed by atoms with E-state index < -0.39 is 29.2 Å². The van der Waals surface area contributed by atoms with E-state index >= 15 is 0 Å². The van der Waals surface area contributed by atoms with Crippen LogP contribution in [0.1, 0.15) is 27.7 Å². The summed E-state index contributed by atoms with van der Waals surface area (Å²) in [5, 5.41) is 0. The van der Waals surface area contributed by atoms with Gasteiger partial charge in [-0.1, -0.05) is 0 Å². The van der Waals surface area contributed by atoms with Gasteiger partial charge in [-0.15, -0.1) is 0 Å². The molecule has 0 spiro atoms. The Bertz CT molecular complexity index is 384. The average Bonchev–Trinajstić information content (AvgIpc) is 2.20. The fourth-order valence-corrected chi connectivity index (χ4v) is 1.82. The highest BCUT2D eigenvalue weighted by atomic mass is 19.2. The summed E-state index contributed by atoms with van der Waals surface area (Å²) in [6.45, 7) is 6.70. The van der Waals surface area contributed by atoms with E-state index in [2.05, 4.69) is 4.98 Å². The van der Waals surface area contributed by atoms with Gasteiger partial charge in [-0.2, -0.15) is 22.5 Å². The van der Waals surface area contributed by atoms with Gasteiger partial charge in [0.05, 0.1) is 0 Å². The number of halogens is 4. The van der Waals surface area contributed by atoms with Crippen LogP contribution in [-0.2, 0) is 0 Å². The summed E-state index contributed by atoms with van der Waals surface area (Å²) < 4.78 is 53.0. The summed E-state index contributed by atoms with van der Waals surface area (Å²) in [6.07, 6.45) is 0. The molecule has 0 aliphatic carbocycles. The summed E-state index contributed by atoms with van der Waals surface area (Å²) in [5.74, 6) is -6.20. The fraction of sp³-hybridized carbons (Fsp3) is 0.545. The standard InChI is InChI=1S/C11H14F4N2/c1-5(2)17(6(3)4)9-7(12)10(14)16-11(15)8(9)13/h5-6H,1-4H3. The molecule has 1 aromatic rings. The van der Waals surface area contributed by atoms with Crippen molar-refractivity contribution in [3.05, 3.63) is 23.5 Å². The summed E-state index contributed by atoms with van der Waals surface area (Å²) in [4.78, 5) is 3.79. The molecule has 0 saturated heterocycles. The second kappa shape index (κ2) is 4.89. The van der Waals surface area contributed by atoms with Gasteiger partial charge in [-0.3, -0.25) is 0 Å². The Morgan fingerprint density at radius 1 is 0.824 bits per heavy atom. The normalized spacial score (nSPS) is 11.4. The van der Waals surface area contributed by atoms with Crippen molar-refractivity contribution in [2.45, 2.75) is 39.8 Å². The Labute approximate surface area is 97.3 Å². The molecular weight excluding hydrogens is 236 g/mol. The monoisotopic (exact) mass is 250 g/mol. The van der Waals surface area contributed by atoms with Gasteiger partial charge in [0.25, 0.3) is 11.9 Å². The zero-order valence-corrected chi connectivity index (χ0v) is 10.1. The first-order valence-corrected chi connectivity index (χ1v) is 5.25. The van der Waals surface area contributed by atoms with Gasteiger partial charge in [-0.05, 0) is 27.7 Å². The predicted molar refractivity (Wildman–Crippen MR) is 56.8 cm³/mol. The van der Waals surface area contributed by atoms with Gasteiger partial charge in [0.1, 0.15) is 5.69 Å². The summed E-state index contributed by atoms with van der Waals surface area (Å²) >= 11 is 0. The number of pyridine rings is 1. The lowest BCUT2D eigenvalue weighted by molar-refractivity contribution is 0.400. The van der Waals surface area contributed by atoms with E-state index in [1.165, 1.54) is 4.90 Å². The predicted octanol–water partition coefficient (Wildman–Crippen LogP) is 3.26. The zero-order chi connectivity index (χ0) is 13.3. The lowest BCUT2D eigenvalue weighted by atomic mass is 10.2. The van der Waals surface area contributed by atoms with Gasteiger partial charge in [-0.25, -0.2) is 0 Å². The van der Waals surface area contributed by atoms with Crippen LogP contribution in [0.3, 0.4) is 0 Å². The Morgan fingerprint density at radius 3 is 1.47 bits per heavy atom. The maximum absolute atomic E-state index is 13.5. The smallest absolute Gasteiger partial charge is 0.253 e. The third-order valence-corrected chi connectivity index (χ3v) is 2.35. The second-order valence-electron chi connectivity index (χ2n) is 4.26. The molecule has 6 heteroatoms. The maximum Gasteiger partial charge on any atom is 0.253 e. The molecule has 0 saturated carbocycles.